The minimum Gasteiger partial charge on any atom is -0.497 e. The zero-order valence-corrected chi connectivity index (χ0v) is 7.65. The normalized spacial score (nSPS) is 12.2. The van der Waals surface area contributed by atoms with Gasteiger partial charge >= 0.3 is 0 Å². The van der Waals surface area contributed by atoms with E-state index in [2.05, 4.69) is 0 Å². The van der Waals surface area contributed by atoms with Crippen LogP contribution in [-0.2, 0) is 0 Å². The van der Waals surface area contributed by atoms with Crippen LogP contribution >= 0.6 is 0 Å². The third-order valence-corrected chi connectivity index (χ3v) is 1.75. The molecule has 0 fully saturated rings. The van der Waals surface area contributed by atoms with Crippen molar-refractivity contribution >= 4 is 5.78 Å². The SMILES string of the molecule is COc1ccc(C(=O)[C@H](C)O)cc1. The lowest BCUT2D eigenvalue weighted by Crippen LogP contribution is -2.15. The summed E-state index contributed by atoms with van der Waals surface area (Å²) in [5.41, 5.74) is 0.496. The van der Waals surface area contributed by atoms with E-state index >= 15 is 0 Å². The van der Waals surface area contributed by atoms with Crippen LogP contribution in [0.4, 0.5) is 0 Å². The number of methoxy groups -OCH3 is 1. The molecular weight excluding hydrogens is 168 g/mol. The summed E-state index contributed by atoms with van der Waals surface area (Å²) in [4.78, 5) is 11.3. The van der Waals surface area contributed by atoms with Crippen molar-refractivity contribution < 1.29 is 14.6 Å². The zero-order valence-electron chi connectivity index (χ0n) is 7.65. The van der Waals surface area contributed by atoms with Gasteiger partial charge in [-0.1, -0.05) is 0 Å². The molecule has 0 saturated carbocycles. The molecule has 1 rings (SSSR count). The topological polar surface area (TPSA) is 46.5 Å². The molecule has 0 heterocycles. The number of carbonyl (C=O) groups excluding carboxylic acids is 1. The predicted octanol–water partition coefficient (Wildman–Crippen LogP) is 1.26. The standard InChI is InChI=1S/C10H12O3/c1-7(11)10(12)8-3-5-9(13-2)6-4-8/h3-7,11H,1-2H3/t7-/m0/s1. The highest BCUT2D eigenvalue weighted by molar-refractivity contribution is 5.99. The van der Waals surface area contributed by atoms with Gasteiger partial charge in [-0.05, 0) is 31.2 Å². The molecule has 0 aromatic heterocycles. The van der Waals surface area contributed by atoms with Gasteiger partial charge in [0.2, 0.25) is 0 Å². The summed E-state index contributed by atoms with van der Waals surface area (Å²) < 4.78 is 4.94. The van der Waals surface area contributed by atoms with Crippen molar-refractivity contribution in [2.75, 3.05) is 7.11 Å². The Kier molecular flexibility index (Phi) is 3.03. The quantitative estimate of drug-likeness (QED) is 0.712. The molecule has 1 aromatic rings. The monoisotopic (exact) mass is 180 g/mol. The van der Waals surface area contributed by atoms with Crippen molar-refractivity contribution in [1.29, 1.82) is 0 Å². The molecule has 0 bridgehead atoms. The minimum atomic E-state index is -0.951. The second kappa shape index (κ2) is 4.05. The lowest BCUT2D eigenvalue weighted by molar-refractivity contribution is 0.0779. The number of hydrogen-bond acceptors (Lipinski definition) is 3. The van der Waals surface area contributed by atoms with Crippen LogP contribution in [0.1, 0.15) is 17.3 Å². The average molecular weight is 180 g/mol. The van der Waals surface area contributed by atoms with Crippen LogP contribution < -0.4 is 4.74 Å². The fourth-order valence-corrected chi connectivity index (χ4v) is 0.996. The highest BCUT2D eigenvalue weighted by Crippen LogP contribution is 2.12. The van der Waals surface area contributed by atoms with Crippen molar-refractivity contribution in [1.82, 2.24) is 0 Å². The summed E-state index contributed by atoms with van der Waals surface area (Å²) in [7, 11) is 1.56. The Morgan fingerprint density at radius 3 is 2.31 bits per heavy atom. The Balaban J connectivity index is 2.86. The molecule has 1 atom stereocenters. The van der Waals surface area contributed by atoms with Gasteiger partial charge in [0.25, 0.3) is 0 Å². The lowest BCUT2D eigenvalue weighted by Gasteiger charge is -2.04. The van der Waals surface area contributed by atoms with E-state index in [0.29, 0.717) is 11.3 Å². The van der Waals surface area contributed by atoms with Crippen LogP contribution in [0.2, 0.25) is 0 Å². The van der Waals surface area contributed by atoms with Crippen molar-refractivity contribution in [3.8, 4) is 5.75 Å². The number of hydrogen-bond donors (Lipinski definition) is 1. The largest absolute Gasteiger partial charge is 0.497 e. The molecule has 1 N–H and O–H groups in total. The molecule has 0 spiro atoms. The van der Waals surface area contributed by atoms with Gasteiger partial charge in [-0.15, -0.1) is 0 Å². The number of carbonyl (C=O) groups is 1. The summed E-state index contributed by atoms with van der Waals surface area (Å²) in [6.45, 7) is 1.45. The fourth-order valence-electron chi connectivity index (χ4n) is 0.996. The maximum atomic E-state index is 11.3. The van der Waals surface area contributed by atoms with E-state index in [1.807, 2.05) is 0 Å². The van der Waals surface area contributed by atoms with Gasteiger partial charge in [0.15, 0.2) is 5.78 Å². The molecule has 0 radical (unpaired) electrons. The molecule has 13 heavy (non-hydrogen) atoms. The molecular formula is C10H12O3. The Morgan fingerprint density at radius 2 is 1.92 bits per heavy atom. The second-order valence-electron chi connectivity index (χ2n) is 2.77. The van der Waals surface area contributed by atoms with Crippen LogP contribution in [0.15, 0.2) is 24.3 Å². The number of ether oxygens (including phenoxy) is 1. The smallest absolute Gasteiger partial charge is 0.190 e. The van der Waals surface area contributed by atoms with Gasteiger partial charge in [-0.25, -0.2) is 0 Å². The number of aliphatic hydroxyl groups excluding tert-OH is 1. The first-order valence-corrected chi connectivity index (χ1v) is 4.01. The van der Waals surface area contributed by atoms with E-state index in [0.717, 1.165) is 0 Å². The average Bonchev–Trinajstić information content (AvgIpc) is 2.17. The van der Waals surface area contributed by atoms with Gasteiger partial charge in [-0.3, -0.25) is 4.79 Å². The minimum absolute atomic E-state index is 0.275. The van der Waals surface area contributed by atoms with Gasteiger partial charge in [-0.2, -0.15) is 0 Å². The van der Waals surface area contributed by atoms with Gasteiger partial charge in [0.05, 0.1) is 7.11 Å². The highest BCUT2D eigenvalue weighted by atomic mass is 16.5. The zero-order chi connectivity index (χ0) is 9.84. The Hall–Kier alpha value is -1.35. The third-order valence-electron chi connectivity index (χ3n) is 1.75. The Labute approximate surface area is 77.0 Å². The fraction of sp³-hybridized carbons (Fsp3) is 0.300. The number of aliphatic hydroxyl groups is 1. The van der Waals surface area contributed by atoms with E-state index < -0.39 is 6.10 Å². The molecule has 0 aliphatic carbocycles. The van der Waals surface area contributed by atoms with Crippen molar-refractivity contribution in [2.24, 2.45) is 0 Å². The van der Waals surface area contributed by atoms with Crippen LogP contribution in [0.3, 0.4) is 0 Å². The molecule has 0 aliphatic rings. The molecule has 0 saturated heterocycles. The second-order valence-corrected chi connectivity index (χ2v) is 2.77. The molecule has 1 aromatic carbocycles. The maximum Gasteiger partial charge on any atom is 0.190 e. The maximum absolute atomic E-state index is 11.3. The van der Waals surface area contributed by atoms with Gasteiger partial charge in [0.1, 0.15) is 11.9 Å². The van der Waals surface area contributed by atoms with Crippen molar-refractivity contribution in [3.63, 3.8) is 0 Å². The molecule has 0 unspecified atom stereocenters. The van der Waals surface area contributed by atoms with Crippen LogP contribution in [-0.4, -0.2) is 24.1 Å². The van der Waals surface area contributed by atoms with Gasteiger partial charge in [0, 0.05) is 5.56 Å². The molecule has 0 aliphatic heterocycles. The summed E-state index contributed by atoms with van der Waals surface area (Å²) >= 11 is 0. The van der Waals surface area contributed by atoms with E-state index in [1.165, 1.54) is 6.92 Å². The summed E-state index contributed by atoms with van der Waals surface area (Å²) in [6.07, 6.45) is -0.951. The van der Waals surface area contributed by atoms with Crippen LogP contribution in [0.25, 0.3) is 0 Å². The molecule has 3 nitrogen and oxygen atoms in total. The Morgan fingerprint density at radius 1 is 1.38 bits per heavy atom. The summed E-state index contributed by atoms with van der Waals surface area (Å²) in [5, 5.41) is 9.02. The summed E-state index contributed by atoms with van der Waals surface area (Å²) in [5.74, 6) is 0.421. The first-order valence-electron chi connectivity index (χ1n) is 4.01. The number of ketones is 1. The lowest BCUT2D eigenvalue weighted by atomic mass is 10.1. The van der Waals surface area contributed by atoms with Crippen LogP contribution in [0, 0.1) is 0 Å². The van der Waals surface area contributed by atoms with E-state index in [-0.39, 0.29) is 5.78 Å². The number of rotatable bonds is 3. The predicted molar refractivity (Wildman–Crippen MR) is 49.0 cm³/mol. The number of benzene rings is 1. The van der Waals surface area contributed by atoms with Crippen molar-refractivity contribution in [2.45, 2.75) is 13.0 Å². The van der Waals surface area contributed by atoms with Gasteiger partial charge < -0.3 is 9.84 Å². The van der Waals surface area contributed by atoms with E-state index in [1.54, 1.807) is 31.4 Å². The first kappa shape index (κ1) is 9.74. The first-order chi connectivity index (χ1) is 6.15. The summed E-state index contributed by atoms with van der Waals surface area (Å²) in [6, 6.07) is 6.65. The van der Waals surface area contributed by atoms with Crippen LogP contribution in [0.5, 0.6) is 5.75 Å². The van der Waals surface area contributed by atoms with E-state index in [9.17, 15) is 4.79 Å². The molecule has 0 amide bonds. The molecule has 3 heteroatoms. The Bertz CT molecular complexity index is 288. The molecule has 70 valence electrons. The highest BCUT2D eigenvalue weighted by Gasteiger charge is 2.11. The van der Waals surface area contributed by atoms with Crippen molar-refractivity contribution in [3.05, 3.63) is 29.8 Å². The van der Waals surface area contributed by atoms with E-state index in [4.69, 9.17) is 9.84 Å². The third kappa shape index (κ3) is 2.29. The number of Topliss-reactive ketones (excluding diaryl/α,β-unsaturated/α-hetero) is 1.